The van der Waals surface area contributed by atoms with E-state index in [1.165, 1.54) is 0 Å². The molecule has 7 heteroatoms. The van der Waals surface area contributed by atoms with E-state index < -0.39 is 0 Å². The highest BCUT2D eigenvalue weighted by Crippen LogP contribution is 2.18. The maximum absolute atomic E-state index is 12.2. The molecule has 2 aromatic carbocycles. The second-order valence-electron chi connectivity index (χ2n) is 5.82. The van der Waals surface area contributed by atoms with Crippen LogP contribution >= 0.6 is 24.8 Å². The van der Waals surface area contributed by atoms with Crippen molar-refractivity contribution in [2.45, 2.75) is 19.9 Å². The standard InChI is InChI=1S/C19H22N4O.2ClH/c1-3-20-14(2)12-21-19(24)15-8-10-16(11-9-15)23-13-22-17-6-4-5-7-18(17)23;;/h4-11,13-14,20H,3,12H2,1-2H3,(H,21,24);2*1H/t14-;;/m1../s1. The molecule has 0 aliphatic rings. The molecule has 1 amide bonds. The second kappa shape index (κ2) is 10.2. The number of hydrogen-bond donors (Lipinski definition) is 2. The van der Waals surface area contributed by atoms with Gasteiger partial charge < -0.3 is 10.6 Å². The van der Waals surface area contributed by atoms with Crippen molar-refractivity contribution in [3.8, 4) is 5.69 Å². The van der Waals surface area contributed by atoms with Crippen LogP contribution in [0.15, 0.2) is 54.9 Å². The Bertz CT molecular complexity index is 833. The SMILES string of the molecule is CCN[C@H](C)CNC(=O)c1ccc(-n2cnc3ccccc32)cc1.Cl.Cl. The summed E-state index contributed by atoms with van der Waals surface area (Å²) in [5.74, 6) is -0.0539. The van der Waals surface area contributed by atoms with E-state index in [1.807, 2.05) is 53.1 Å². The molecule has 2 N–H and O–H groups in total. The zero-order valence-electron chi connectivity index (χ0n) is 14.8. The van der Waals surface area contributed by atoms with Gasteiger partial charge in [-0.3, -0.25) is 9.36 Å². The number of nitrogens with one attached hydrogen (secondary N) is 2. The molecule has 140 valence electrons. The quantitative estimate of drug-likeness (QED) is 0.671. The molecular formula is C19H24Cl2N4O. The Morgan fingerprint density at radius 1 is 1.12 bits per heavy atom. The molecular weight excluding hydrogens is 371 g/mol. The molecule has 0 aliphatic heterocycles. The van der Waals surface area contributed by atoms with Crippen LogP contribution in [0.5, 0.6) is 0 Å². The number of fused-ring (bicyclic) bond motifs is 1. The smallest absolute Gasteiger partial charge is 0.251 e. The number of para-hydroxylation sites is 2. The fourth-order valence-electron chi connectivity index (χ4n) is 2.71. The largest absolute Gasteiger partial charge is 0.350 e. The molecule has 0 aliphatic carbocycles. The lowest BCUT2D eigenvalue weighted by molar-refractivity contribution is 0.0950. The number of carbonyl (C=O) groups is 1. The number of halogens is 2. The molecule has 0 saturated carbocycles. The van der Waals surface area contributed by atoms with Crippen LogP contribution in [0.25, 0.3) is 16.7 Å². The van der Waals surface area contributed by atoms with Crippen molar-refractivity contribution in [2.24, 2.45) is 0 Å². The minimum Gasteiger partial charge on any atom is -0.350 e. The van der Waals surface area contributed by atoms with E-state index in [0.29, 0.717) is 12.1 Å². The number of benzene rings is 2. The number of likely N-dealkylation sites (N-methyl/N-ethyl adjacent to an activating group) is 1. The summed E-state index contributed by atoms with van der Waals surface area (Å²) in [6.07, 6.45) is 1.80. The van der Waals surface area contributed by atoms with Crippen LogP contribution in [0.3, 0.4) is 0 Å². The van der Waals surface area contributed by atoms with Gasteiger partial charge in [-0.1, -0.05) is 19.1 Å². The first-order valence-corrected chi connectivity index (χ1v) is 8.23. The fourth-order valence-corrected chi connectivity index (χ4v) is 2.71. The van der Waals surface area contributed by atoms with Gasteiger partial charge in [0.25, 0.3) is 5.91 Å². The van der Waals surface area contributed by atoms with Gasteiger partial charge >= 0.3 is 0 Å². The molecule has 5 nitrogen and oxygen atoms in total. The van der Waals surface area contributed by atoms with Gasteiger partial charge in [-0.15, -0.1) is 24.8 Å². The highest BCUT2D eigenvalue weighted by atomic mass is 35.5. The molecule has 3 aromatic rings. The first-order valence-electron chi connectivity index (χ1n) is 8.23. The zero-order valence-corrected chi connectivity index (χ0v) is 16.4. The third-order valence-corrected chi connectivity index (χ3v) is 3.98. The van der Waals surface area contributed by atoms with E-state index in [4.69, 9.17) is 0 Å². The highest BCUT2D eigenvalue weighted by molar-refractivity contribution is 5.94. The monoisotopic (exact) mass is 394 g/mol. The van der Waals surface area contributed by atoms with Crippen LogP contribution in [0.4, 0.5) is 0 Å². The lowest BCUT2D eigenvalue weighted by atomic mass is 10.2. The predicted molar refractivity (Wildman–Crippen MR) is 111 cm³/mol. The Morgan fingerprint density at radius 3 is 2.50 bits per heavy atom. The Hall–Kier alpha value is -2.08. The minimum atomic E-state index is -0.0539. The summed E-state index contributed by atoms with van der Waals surface area (Å²) in [7, 11) is 0. The van der Waals surface area contributed by atoms with E-state index in [1.54, 1.807) is 6.33 Å². The second-order valence-corrected chi connectivity index (χ2v) is 5.82. The van der Waals surface area contributed by atoms with Crippen molar-refractivity contribution in [3.63, 3.8) is 0 Å². The summed E-state index contributed by atoms with van der Waals surface area (Å²) >= 11 is 0. The number of hydrogen-bond acceptors (Lipinski definition) is 3. The van der Waals surface area contributed by atoms with Gasteiger partial charge in [-0.05, 0) is 49.9 Å². The molecule has 1 aromatic heterocycles. The maximum atomic E-state index is 12.2. The molecule has 0 saturated heterocycles. The average molecular weight is 395 g/mol. The Morgan fingerprint density at radius 2 is 1.81 bits per heavy atom. The van der Waals surface area contributed by atoms with Gasteiger partial charge in [0.15, 0.2) is 0 Å². The van der Waals surface area contributed by atoms with Crippen molar-refractivity contribution in [2.75, 3.05) is 13.1 Å². The molecule has 3 rings (SSSR count). The minimum absolute atomic E-state index is 0. The number of imidazole rings is 1. The first kappa shape index (κ1) is 22.0. The topological polar surface area (TPSA) is 58.9 Å². The zero-order chi connectivity index (χ0) is 16.9. The van der Waals surface area contributed by atoms with Crippen LogP contribution in [0.1, 0.15) is 24.2 Å². The molecule has 1 heterocycles. The van der Waals surface area contributed by atoms with Crippen LogP contribution in [-0.4, -0.2) is 34.6 Å². The van der Waals surface area contributed by atoms with Crippen molar-refractivity contribution in [3.05, 3.63) is 60.4 Å². The fraction of sp³-hybridized carbons (Fsp3) is 0.263. The number of amides is 1. The van der Waals surface area contributed by atoms with Crippen molar-refractivity contribution in [1.29, 1.82) is 0 Å². The summed E-state index contributed by atoms with van der Waals surface area (Å²) < 4.78 is 2.02. The molecule has 0 bridgehead atoms. The van der Waals surface area contributed by atoms with Crippen LogP contribution in [0, 0.1) is 0 Å². The van der Waals surface area contributed by atoms with Crippen molar-refractivity contribution >= 4 is 41.8 Å². The maximum Gasteiger partial charge on any atom is 0.251 e. The Balaban J connectivity index is 0.00000169. The van der Waals surface area contributed by atoms with E-state index in [-0.39, 0.29) is 36.8 Å². The third-order valence-electron chi connectivity index (χ3n) is 3.98. The van der Waals surface area contributed by atoms with E-state index in [9.17, 15) is 4.79 Å². The molecule has 26 heavy (non-hydrogen) atoms. The van der Waals surface area contributed by atoms with Gasteiger partial charge in [-0.25, -0.2) is 4.98 Å². The molecule has 0 unspecified atom stereocenters. The van der Waals surface area contributed by atoms with E-state index >= 15 is 0 Å². The van der Waals surface area contributed by atoms with Gasteiger partial charge in [0, 0.05) is 23.8 Å². The Labute approximate surface area is 166 Å². The van der Waals surface area contributed by atoms with Crippen LogP contribution in [0.2, 0.25) is 0 Å². The summed E-state index contributed by atoms with van der Waals surface area (Å²) in [6, 6.07) is 15.8. The lowest BCUT2D eigenvalue weighted by Crippen LogP contribution is -2.38. The number of aromatic nitrogens is 2. The van der Waals surface area contributed by atoms with Crippen LogP contribution < -0.4 is 10.6 Å². The van der Waals surface area contributed by atoms with Crippen molar-refractivity contribution in [1.82, 2.24) is 20.2 Å². The number of carbonyl (C=O) groups excluding carboxylic acids is 1. The number of nitrogens with zero attached hydrogens (tertiary/aromatic N) is 2. The molecule has 0 spiro atoms. The average Bonchev–Trinajstić information content (AvgIpc) is 3.04. The summed E-state index contributed by atoms with van der Waals surface area (Å²) in [6.45, 7) is 5.61. The van der Waals surface area contributed by atoms with Gasteiger partial charge in [-0.2, -0.15) is 0 Å². The molecule has 0 radical (unpaired) electrons. The highest BCUT2D eigenvalue weighted by Gasteiger charge is 2.08. The summed E-state index contributed by atoms with van der Waals surface area (Å²) in [4.78, 5) is 16.6. The summed E-state index contributed by atoms with van der Waals surface area (Å²) in [5.41, 5.74) is 3.65. The predicted octanol–water partition coefficient (Wildman–Crippen LogP) is 3.60. The molecule has 0 fully saturated rings. The van der Waals surface area contributed by atoms with E-state index in [0.717, 1.165) is 23.3 Å². The van der Waals surface area contributed by atoms with E-state index in [2.05, 4.69) is 29.5 Å². The number of rotatable bonds is 6. The van der Waals surface area contributed by atoms with Gasteiger partial charge in [0.1, 0.15) is 6.33 Å². The van der Waals surface area contributed by atoms with Gasteiger partial charge in [0.05, 0.1) is 11.0 Å². The van der Waals surface area contributed by atoms with Crippen LogP contribution in [-0.2, 0) is 0 Å². The summed E-state index contributed by atoms with van der Waals surface area (Å²) in [5, 5.41) is 6.22. The van der Waals surface area contributed by atoms with Crippen molar-refractivity contribution < 1.29 is 4.79 Å². The van der Waals surface area contributed by atoms with Gasteiger partial charge in [0.2, 0.25) is 0 Å². The molecule has 1 atom stereocenters. The normalized spacial score (nSPS) is 11.3. The Kier molecular flexibility index (Phi) is 8.58. The lowest BCUT2D eigenvalue weighted by Gasteiger charge is -2.13. The third kappa shape index (κ3) is 4.97. The first-order chi connectivity index (χ1) is 11.7.